The van der Waals surface area contributed by atoms with Gasteiger partial charge in [-0.25, -0.2) is 9.78 Å². The summed E-state index contributed by atoms with van der Waals surface area (Å²) in [4.78, 5) is 20.7. The normalized spacial score (nSPS) is 13.6. The molecule has 0 bridgehead atoms. The Bertz CT molecular complexity index is 947. The SMILES string of the molecule is Cc1nc(CCc2c(-c3ccccn3)noc2C)sc1OC(=O)NC1CC1. The summed E-state index contributed by atoms with van der Waals surface area (Å²) in [5, 5.41) is 8.44. The van der Waals surface area contributed by atoms with Crippen LogP contribution in [0, 0.1) is 13.8 Å². The number of aromatic nitrogens is 3. The zero-order valence-corrected chi connectivity index (χ0v) is 16.0. The number of thiazole rings is 1. The summed E-state index contributed by atoms with van der Waals surface area (Å²) in [6, 6.07) is 5.98. The lowest BCUT2D eigenvalue weighted by Gasteiger charge is -2.02. The van der Waals surface area contributed by atoms with Crippen molar-refractivity contribution in [3.8, 4) is 16.5 Å². The molecule has 1 amide bonds. The van der Waals surface area contributed by atoms with E-state index in [1.807, 2.05) is 32.0 Å². The van der Waals surface area contributed by atoms with Crippen LogP contribution in [0.5, 0.6) is 5.06 Å². The number of pyridine rings is 1. The predicted octanol–water partition coefficient (Wildman–Crippen LogP) is 3.85. The van der Waals surface area contributed by atoms with E-state index in [4.69, 9.17) is 9.26 Å². The molecule has 1 saturated carbocycles. The van der Waals surface area contributed by atoms with Crippen molar-refractivity contribution in [2.24, 2.45) is 0 Å². The highest BCUT2D eigenvalue weighted by Crippen LogP contribution is 2.30. The molecule has 0 unspecified atom stereocenters. The molecule has 8 heteroatoms. The number of ether oxygens (including phenoxy) is 1. The number of rotatable bonds is 6. The first-order valence-electron chi connectivity index (χ1n) is 8.91. The minimum absolute atomic E-state index is 0.270. The van der Waals surface area contributed by atoms with Gasteiger partial charge in [-0.3, -0.25) is 4.98 Å². The van der Waals surface area contributed by atoms with Crippen molar-refractivity contribution < 1.29 is 14.1 Å². The van der Waals surface area contributed by atoms with Gasteiger partial charge in [0.2, 0.25) is 5.06 Å². The molecular weight excluding hydrogens is 364 g/mol. The molecule has 0 spiro atoms. The topological polar surface area (TPSA) is 90.1 Å². The molecular formula is C19H20N4O3S. The molecule has 1 fully saturated rings. The molecule has 0 radical (unpaired) electrons. The minimum atomic E-state index is -0.400. The van der Waals surface area contributed by atoms with E-state index in [1.54, 1.807) is 6.20 Å². The molecule has 7 nitrogen and oxygen atoms in total. The van der Waals surface area contributed by atoms with Crippen molar-refractivity contribution in [3.63, 3.8) is 0 Å². The summed E-state index contributed by atoms with van der Waals surface area (Å²) in [6.45, 7) is 3.75. The average molecular weight is 384 g/mol. The molecule has 1 aliphatic rings. The number of nitrogens with zero attached hydrogens (tertiary/aromatic N) is 3. The van der Waals surface area contributed by atoms with Gasteiger partial charge < -0.3 is 14.6 Å². The number of carbonyl (C=O) groups is 1. The molecule has 0 aliphatic heterocycles. The van der Waals surface area contributed by atoms with E-state index in [2.05, 4.69) is 20.4 Å². The second-order valence-corrected chi connectivity index (χ2v) is 7.62. The maximum absolute atomic E-state index is 11.8. The van der Waals surface area contributed by atoms with E-state index in [-0.39, 0.29) is 6.04 Å². The highest BCUT2D eigenvalue weighted by atomic mass is 32.1. The third-order valence-corrected chi connectivity index (χ3v) is 5.46. The molecule has 1 N–H and O–H groups in total. The number of nitrogens with one attached hydrogen (secondary N) is 1. The van der Waals surface area contributed by atoms with Crippen LogP contribution in [-0.4, -0.2) is 27.3 Å². The van der Waals surface area contributed by atoms with Crippen molar-refractivity contribution in [1.82, 2.24) is 20.4 Å². The van der Waals surface area contributed by atoms with Gasteiger partial charge in [-0.15, -0.1) is 0 Å². The van der Waals surface area contributed by atoms with Crippen LogP contribution in [0.15, 0.2) is 28.9 Å². The van der Waals surface area contributed by atoms with E-state index in [0.717, 1.165) is 52.7 Å². The zero-order chi connectivity index (χ0) is 18.8. The Morgan fingerprint density at radius 2 is 2.19 bits per heavy atom. The van der Waals surface area contributed by atoms with Gasteiger partial charge in [-0.1, -0.05) is 22.6 Å². The number of hydrogen-bond donors (Lipinski definition) is 1. The van der Waals surface area contributed by atoms with Crippen molar-refractivity contribution in [2.45, 2.75) is 45.6 Å². The van der Waals surface area contributed by atoms with Gasteiger partial charge in [0.25, 0.3) is 0 Å². The van der Waals surface area contributed by atoms with Crippen LogP contribution < -0.4 is 10.1 Å². The number of carbonyl (C=O) groups excluding carboxylic acids is 1. The molecule has 3 heterocycles. The van der Waals surface area contributed by atoms with E-state index in [9.17, 15) is 4.79 Å². The molecule has 0 aromatic carbocycles. The average Bonchev–Trinajstić information content (AvgIpc) is 3.29. The number of aryl methyl sites for hydroxylation is 3. The Morgan fingerprint density at radius 1 is 1.33 bits per heavy atom. The maximum Gasteiger partial charge on any atom is 0.413 e. The Morgan fingerprint density at radius 3 is 2.93 bits per heavy atom. The summed E-state index contributed by atoms with van der Waals surface area (Å²) in [6.07, 6.45) is 4.83. The summed E-state index contributed by atoms with van der Waals surface area (Å²) in [5.74, 6) is 0.782. The summed E-state index contributed by atoms with van der Waals surface area (Å²) in [5.41, 5.74) is 3.31. The second kappa shape index (κ2) is 7.48. The van der Waals surface area contributed by atoms with Crippen LogP contribution in [-0.2, 0) is 12.8 Å². The number of amides is 1. The van der Waals surface area contributed by atoms with Crippen molar-refractivity contribution in [2.75, 3.05) is 0 Å². The van der Waals surface area contributed by atoms with E-state index < -0.39 is 6.09 Å². The fourth-order valence-corrected chi connectivity index (χ4v) is 3.68. The summed E-state index contributed by atoms with van der Waals surface area (Å²) < 4.78 is 10.8. The van der Waals surface area contributed by atoms with Gasteiger partial charge in [0.15, 0.2) is 0 Å². The molecule has 0 saturated heterocycles. The zero-order valence-electron chi connectivity index (χ0n) is 15.2. The number of hydrogen-bond acceptors (Lipinski definition) is 7. The van der Waals surface area contributed by atoms with Gasteiger partial charge in [0.1, 0.15) is 11.5 Å². The lowest BCUT2D eigenvalue weighted by molar-refractivity contribution is 0.201. The van der Waals surface area contributed by atoms with Crippen molar-refractivity contribution in [1.29, 1.82) is 0 Å². The van der Waals surface area contributed by atoms with Crippen LogP contribution in [0.1, 0.15) is 34.9 Å². The minimum Gasteiger partial charge on any atom is -0.397 e. The highest BCUT2D eigenvalue weighted by Gasteiger charge is 2.25. The molecule has 4 rings (SSSR count). The standard InChI is InChI=1S/C19H20N4O3S/c1-11-18(25-19(24)22-13-6-7-13)27-16(21-11)9-8-14-12(2)26-23-17(14)15-5-3-4-10-20-15/h3-5,10,13H,6-9H2,1-2H3,(H,22,24). The lowest BCUT2D eigenvalue weighted by atomic mass is 10.1. The fraction of sp³-hybridized carbons (Fsp3) is 0.368. The first-order chi connectivity index (χ1) is 13.1. The highest BCUT2D eigenvalue weighted by molar-refractivity contribution is 7.13. The smallest absolute Gasteiger partial charge is 0.397 e. The van der Waals surface area contributed by atoms with Crippen molar-refractivity contribution in [3.05, 3.63) is 46.4 Å². The lowest BCUT2D eigenvalue weighted by Crippen LogP contribution is -2.28. The van der Waals surface area contributed by atoms with Gasteiger partial charge in [-0.05, 0) is 45.2 Å². The van der Waals surface area contributed by atoms with Crippen molar-refractivity contribution >= 4 is 17.4 Å². The predicted molar refractivity (Wildman–Crippen MR) is 101 cm³/mol. The van der Waals surface area contributed by atoms with Gasteiger partial charge in [0, 0.05) is 24.2 Å². The Kier molecular flexibility index (Phi) is 4.89. The van der Waals surface area contributed by atoms with Crippen LogP contribution in [0.2, 0.25) is 0 Å². The van der Waals surface area contributed by atoms with Crippen LogP contribution in [0.3, 0.4) is 0 Å². The largest absolute Gasteiger partial charge is 0.413 e. The van der Waals surface area contributed by atoms with E-state index in [1.165, 1.54) is 11.3 Å². The fourth-order valence-electron chi connectivity index (χ4n) is 2.77. The van der Waals surface area contributed by atoms with E-state index in [0.29, 0.717) is 11.5 Å². The van der Waals surface area contributed by atoms with Gasteiger partial charge in [-0.2, -0.15) is 0 Å². The Labute approximate surface area is 160 Å². The first kappa shape index (κ1) is 17.7. The van der Waals surface area contributed by atoms with Crippen LogP contribution in [0.25, 0.3) is 11.4 Å². The summed E-state index contributed by atoms with van der Waals surface area (Å²) >= 11 is 1.40. The monoisotopic (exact) mass is 384 g/mol. The Hall–Kier alpha value is -2.74. The molecule has 3 aromatic rings. The third-order valence-electron chi connectivity index (χ3n) is 4.36. The van der Waals surface area contributed by atoms with Crippen LogP contribution in [0.4, 0.5) is 4.79 Å². The molecule has 1 aliphatic carbocycles. The molecule has 3 aromatic heterocycles. The van der Waals surface area contributed by atoms with Gasteiger partial charge in [0.05, 0.1) is 16.4 Å². The third kappa shape index (κ3) is 4.16. The first-order valence-corrected chi connectivity index (χ1v) is 9.73. The summed E-state index contributed by atoms with van der Waals surface area (Å²) in [7, 11) is 0. The molecule has 0 atom stereocenters. The van der Waals surface area contributed by atoms with E-state index >= 15 is 0 Å². The van der Waals surface area contributed by atoms with Crippen LogP contribution >= 0.6 is 11.3 Å². The van der Waals surface area contributed by atoms with Gasteiger partial charge >= 0.3 is 6.09 Å². The molecule has 140 valence electrons. The molecule has 27 heavy (non-hydrogen) atoms. The second-order valence-electron chi connectivity index (χ2n) is 6.57. The Balaban J connectivity index is 1.44. The quantitative estimate of drug-likeness (QED) is 0.694. The maximum atomic E-state index is 11.8.